The number of hydrogen-bond acceptors (Lipinski definition) is 2. The first kappa shape index (κ1) is 16.3. The first-order chi connectivity index (χ1) is 9.25. The van der Waals surface area contributed by atoms with Crippen molar-refractivity contribution in [3.05, 3.63) is 0 Å². The minimum absolute atomic E-state index is 0.390. The third kappa shape index (κ3) is 3.06. The van der Waals surface area contributed by atoms with Gasteiger partial charge in [-0.25, -0.2) is 0 Å². The van der Waals surface area contributed by atoms with Crippen LogP contribution in [0.2, 0.25) is 0 Å². The van der Waals surface area contributed by atoms with Gasteiger partial charge in [-0.3, -0.25) is 0 Å². The Balaban J connectivity index is 2.14. The second kappa shape index (κ2) is 5.61. The van der Waals surface area contributed by atoms with Crippen molar-refractivity contribution in [1.29, 1.82) is 0 Å². The summed E-state index contributed by atoms with van der Waals surface area (Å²) in [6, 6.07) is 0. The predicted octanol–water partition coefficient (Wildman–Crippen LogP) is 5.02. The van der Waals surface area contributed by atoms with Crippen molar-refractivity contribution in [1.82, 2.24) is 0 Å². The Labute approximate surface area is 125 Å². The van der Waals surface area contributed by atoms with Gasteiger partial charge in [-0.05, 0) is 62.7 Å². The molecule has 1 aliphatic carbocycles. The molecule has 0 radical (unpaired) electrons. The van der Waals surface area contributed by atoms with Gasteiger partial charge in [0.1, 0.15) is 0 Å². The Morgan fingerprint density at radius 3 is 1.90 bits per heavy atom. The summed E-state index contributed by atoms with van der Waals surface area (Å²) >= 11 is 0. The van der Waals surface area contributed by atoms with Crippen LogP contribution in [0.4, 0.5) is 0 Å². The maximum Gasteiger partial charge on any atom is 0.162 e. The second-order valence-corrected chi connectivity index (χ2v) is 8.26. The molecule has 2 heteroatoms. The first-order valence-corrected chi connectivity index (χ1v) is 8.52. The van der Waals surface area contributed by atoms with Crippen molar-refractivity contribution in [3.63, 3.8) is 0 Å². The molecule has 0 amide bonds. The summed E-state index contributed by atoms with van der Waals surface area (Å²) in [6.45, 7) is 15.4. The van der Waals surface area contributed by atoms with Gasteiger partial charge < -0.3 is 9.47 Å². The Morgan fingerprint density at radius 1 is 0.950 bits per heavy atom. The lowest BCUT2D eigenvalue weighted by Gasteiger charge is -2.48. The topological polar surface area (TPSA) is 18.5 Å². The van der Waals surface area contributed by atoms with Crippen molar-refractivity contribution in [2.75, 3.05) is 13.2 Å². The fourth-order valence-corrected chi connectivity index (χ4v) is 4.69. The summed E-state index contributed by atoms with van der Waals surface area (Å²) in [7, 11) is 0. The highest BCUT2D eigenvalue weighted by Gasteiger charge is 2.49. The van der Waals surface area contributed by atoms with Gasteiger partial charge in [0.05, 0.1) is 13.2 Å². The summed E-state index contributed by atoms with van der Waals surface area (Å²) in [5, 5.41) is 0. The molecular weight excluding hydrogens is 248 g/mol. The SMILES string of the molecule is CCC(CC)(C1COC(C)(C)OC1)C1CCC(C)(C)C1. The van der Waals surface area contributed by atoms with E-state index in [0.717, 1.165) is 19.1 Å². The summed E-state index contributed by atoms with van der Waals surface area (Å²) in [6.07, 6.45) is 6.63. The van der Waals surface area contributed by atoms with Gasteiger partial charge in [0.2, 0.25) is 0 Å². The molecule has 1 saturated carbocycles. The highest BCUT2D eigenvalue weighted by atomic mass is 16.7. The fraction of sp³-hybridized carbons (Fsp3) is 1.00. The molecule has 2 fully saturated rings. The molecule has 20 heavy (non-hydrogen) atoms. The van der Waals surface area contributed by atoms with Crippen LogP contribution >= 0.6 is 0 Å². The molecule has 1 heterocycles. The van der Waals surface area contributed by atoms with Crippen LogP contribution in [0.1, 0.15) is 73.6 Å². The van der Waals surface area contributed by atoms with E-state index in [1.807, 2.05) is 13.8 Å². The van der Waals surface area contributed by atoms with E-state index in [9.17, 15) is 0 Å². The minimum Gasteiger partial charge on any atom is -0.350 e. The molecule has 118 valence electrons. The molecule has 0 aromatic heterocycles. The number of rotatable bonds is 4. The molecule has 1 aliphatic heterocycles. The van der Waals surface area contributed by atoms with Crippen molar-refractivity contribution >= 4 is 0 Å². The smallest absolute Gasteiger partial charge is 0.162 e. The van der Waals surface area contributed by atoms with Crippen LogP contribution in [0.5, 0.6) is 0 Å². The zero-order valence-corrected chi connectivity index (χ0v) is 14.4. The quantitative estimate of drug-likeness (QED) is 0.721. The zero-order chi connectivity index (χ0) is 15.0. The summed E-state index contributed by atoms with van der Waals surface area (Å²) < 4.78 is 12.0. The van der Waals surface area contributed by atoms with Crippen LogP contribution in [0, 0.1) is 22.7 Å². The van der Waals surface area contributed by atoms with Crippen LogP contribution in [0.3, 0.4) is 0 Å². The van der Waals surface area contributed by atoms with Crippen LogP contribution in [-0.4, -0.2) is 19.0 Å². The van der Waals surface area contributed by atoms with Gasteiger partial charge in [-0.1, -0.05) is 27.7 Å². The highest BCUT2D eigenvalue weighted by Crippen LogP contribution is 2.55. The third-order valence-corrected chi connectivity index (χ3v) is 6.18. The monoisotopic (exact) mass is 282 g/mol. The van der Waals surface area contributed by atoms with E-state index in [4.69, 9.17) is 9.47 Å². The summed E-state index contributed by atoms with van der Waals surface area (Å²) in [5.41, 5.74) is 0.931. The van der Waals surface area contributed by atoms with E-state index in [1.54, 1.807) is 0 Å². The number of ether oxygens (including phenoxy) is 2. The van der Waals surface area contributed by atoms with Gasteiger partial charge in [0.25, 0.3) is 0 Å². The van der Waals surface area contributed by atoms with Crippen LogP contribution in [0.25, 0.3) is 0 Å². The first-order valence-electron chi connectivity index (χ1n) is 8.52. The van der Waals surface area contributed by atoms with Crippen molar-refractivity contribution in [2.24, 2.45) is 22.7 Å². The van der Waals surface area contributed by atoms with E-state index < -0.39 is 5.79 Å². The van der Waals surface area contributed by atoms with Gasteiger partial charge in [0, 0.05) is 5.92 Å². The maximum absolute atomic E-state index is 5.98. The lowest BCUT2D eigenvalue weighted by Crippen LogP contribution is -2.48. The molecule has 0 N–H and O–H groups in total. The molecule has 0 aromatic carbocycles. The highest BCUT2D eigenvalue weighted by molar-refractivity contribution is 4.97. The van der Waals surface area contributed by atoms with E-state index in [-0.39, 0.29) is 0 Å². The van der Waals surface area contributed by atoms with Crippen LogP contribution in [-0.2, 0) is 9.47 Å². The van der Waals surface area contributed by atoms with Crippen LogP contribution < -0.4 is 0 Å². The standard InChI is InChI=1S/C18H34O2/c1-7-18(8-2,14-9-10-16(3,4)11-14)15-12-19-17(5,6)20-13-15/h14-15H,7-13H2,1-6H3. The van der Waals surface area contributed by atoms with Crippen molar-refractivity contribution < 1.29 is 9.47 Å². The lowest BCUT2D eigenvalue weighted by atomic mass is 9.62. The Bertz CT molecular complexity index is 318. The molecule has 0 aromatic rings. The minimum atomic E-state index is -0.390. The lowest BCUT2D eigenvalue weighted by molar-refractivity contribution is -0.280. The van der Waals surface area contributed by atoms with Gasteiger partial charge >= 0.3 is 0 Å². The van der Waals surface area contributed by atoms with E-state index in [0.29, 0.717) is 16.7 Å². The second-order valence-electron chi connectivity index (χ2n) is 8.26. The third-order valence-electron chi connectivity index (χ3n) is 6.18. The average Bonchev–Trinajstić information content (AvgIpc) is 2.74. The van der Waals surface area contributed by atoms with Crippen molar-refractivity contribution in [3.8, 4) is 0 Å². The molecule has 0 bridgehead atoms. The van der Waals surface area contributed by atoms with Gasteiger partial charge in [0.15, 0.2) is 5.79 Å². The van der Waals surface area contributed by atoms with Crippen molar-refractivity contribution in [2.45, 2.75) is 79.4 Å². The zero-order valence-electron chi connectivity index (χ0n) is 14.4. The fourth-order valence-electron chi connectivity index (χ4n) is 4.69. The van der Waals surface area contributed by atoms with E-state index >= 15 is 0 Å². The Hall–Kier alpha value is -0.0800. The molecule has 1 unspecified atom stereocenters. The molecule has 1 saturated heterocycles. The maximum atomic E-state index is 5.98. The molecular formula is C18H34O2. The largest absolute Gasteiger partial charge is 0.350 e. The van der Waals surface area contributed by atoms with E-state index in [1.165, 1.54) is 32.1 Å². The predicted molar refractivity (Wildman–Crippen MR) is 83.6 cm³/mol. The Kier molecular flexibility index (Phi) is 4.57. The summed E-state index contributed by atoms with van der Waals surface area (Å²) in [5.74, 6) is 1.01. The van der Waals surface area contributed by atoms with Gasteiger partial charge in [-0.2, -0.15) is 0 Å². The number of hydrogen-bond donors (Lipinski definition) is 0. The molecule has 2 rings (SSSR count). The molecule has 0 spiro atoms. The molecule has 2 aliphatic rings. The van der Waals surface area contributed by atoms with Gasteiger partial charge in [-0.15, -0.1) is 0 Å². The average molecular weight is 282 g/mol. The normalized spacial score (nSPS) is 30.6. The summed E-state index contributed by atoms with van der Waals surface area (Å²) in [4.78, 5) is 0. The van der Waals surface area contributed by atoms with Crippen LogP contribution in [0.15, 0.2) is 0 Å². The van der Waals surface area contributed by atoms with E-state index in [2.05, 4.69) is 27.7 Å². The molecule has 2 nitrogen and oxygen atoms in total. The Morgan fingerprint density at radius 2 is 1.50 bits per heavy atom. The molecule has 1 atom stereocenters.